The predicted molar refractivity (Wildman–Crippen MR) is 213 cm³/mol. The van der Waals surface area contributed by atoms with Crippen LogP contribution in [0.3, 0.4) is 0 Å². The van der Waals surface area contributed by atoms with Gasteiger partial charge in [-0.15, -0.1) is 0 Å². The van der Waals surface area contributed by atoms with Gasteiger partial charge in [0.1, 0.15) is 22.9 Å². The second kappa shape index (κ2) is 17.9. The highest BCUT2D eigenvalue weighted by Crippen LogP contribution is 2.37. The molecule has 2 aliphatic carbocycles. The lowest BCUT2D eigenvalue weighted by atomic mass is 9.84. The third-order valence-electron chi connectivity index (χ3n) is 12.5. The molecule has 0 atom stereocenters. The molecule has 2 aliphatic heterocycles. The molecule has 0 aromatic carbocycles. The number of hydrogen-bond donors (Lipinski definition) is 2. The Morgan fingerprint density at radius 3 is 1.98 bits per heavy atom. The number of carbonyl (C=O) groups is 1. The SMILES string of the molecule is O=C(Nc1cn(C2CCC(CNCC3CCC(n4cc(-n5nccc5N5CCOCC5)c(C(F)F)n4)CC3)CC2)nc1C(F)F)c1cnn2ccc(N3CCOCC3)nc12. The van der Waals surface area contributed by atoms with E-state index >= 15 is 0 Å². The standard InChI is InChI=1S/C40H51F4N13O3/c41-37(42)35-31(48-40(58)30-23-47-54-12-10-33(49-39(30)54)52-13-17-59-18-14-52)24-55(50-35)28-5-1-26(2-6-28)21-45-22-27-3-7-29(8-4-27)56-25-32(36(51-56)38(43)44)57-34(9-11-46-57)53-15-19-60-20-16-53/h9-12,23-29,37-38,45H,1-8,13-22H2,(H,48,58). The second-order valence-electron chi connectivity index (χ2n) is 16.3. The van der Waals surface area contributed by atoms with Gasteiger partial charge in [0.05, 0.1) is 62.8 Å². The Labute approximate surface area is 344 Å². The number of nitrogens with zero attached hydrogens (tertiary/aromatic N) is 11. The van der Waals surface area contributed by atoms with E-state index in [-0.39, 0.29) is 29.0 Å². The molecule has 0 radical (unpaired) electrons. The van der Waals surface area contributed by atoms with Gasteiger partial charge in [0.15, 0.2) is 17.0 Å². The molecule has 0 bridgehead atoms. The van der Waals surface area contributed by atoms with Crippen LogP contribution in [0.15, 0.2) is 43.1 Å². The maximum absolute atomic E-state index is 14.2. The first kappa shape index (κ1) is 40.3. The molecular formula is C40H51F4N13O3. The van der Waals surface area contributed by atoms with Crippen LogP contribution < -0.4 is 20.4 Å². The predicted octanol–water partition coefficient (Wildman–Crippen LogP) is 5.86. The third-order valence-corrected chi connectivity index (χ3v) is 12.5. The lowest BCUT2D eigenvalue weighted by Gasteiger charge is -2.31. The zero-order valence-corrected chi connectivity index (χ0v) is 33.4. The number of fused-ring (bicyclic) bond motifs is 1. The fourth-order valence-corrected chi connectivity index (χ4v) is 9.16. The second-order valence-corrected chi connectivity index (χ2v) is 16.3. The van der Waals surface area contributed by atoms with E-state index in [4.69, 9.17) is 9.47 Å². The average Bonchev–Trinajstić information content (AvgIpc) is 4.10. The van der Waals surface area contributed by atoms with Crippen LogP contribution in [0, 0.1) is 11.8 Å². The van der Waals surface area contributed by atoms with Crippen LogP contribution in [0.2, 0.25) is 0 Å². The molecule has 2 saturated heterocycles. The van der Waals surface area contributed by atoms with Crippen molar-refractivity contribution in [3.63, 3.8) is 0 Å². The quantitative estimate of drug-likeness (QED) is 0.137. The molecule has 1 amide bonds. The van der Waals surface area contributed by atoms with Crippen LogP contribution in [0.4, 0.5) is 34.9 Å². The summed E-state index contributed by atoms with van der Waals surface area (Å²) in [6, 6.07) is 3.66. The molecule has 322 valence electrons. The van der Waals surface area contributed by atoms with Crippen molar-refractivity contribution in [2.75, 3.05) is 80.8 Å². The maximum atomic E-state index is 14.2. The summed E-state index contributed by atoms with van der Waals surface area (Å²) in [5.74, 6) is 1.80. The van der Waals surface area contributed by atoms with Gasteiger partial charge in [-0.05, 0) is 82.4 Å². The van der Waals surface area contributed by atoms with Gasteiger partial charge < -0.3 is 29.9 Å². The summed E-state index contributed by atoms with van der Waals surface area (Å²) < 4.78 is 74.3. The van der Waals surface area contributed by atoms with Crippen molar-refractivity contribution >= 4 is 28.9 Å². The van der Waals surface area contributed by atoms with E-state index in [1.54, 1.807) is 32.6 Å². The van der Waals surface area contributed by atoms with Gasteiger partial charge in [-0.2, -0.15) is 20.4 Å². The van der Waals surface area contributed by atoms with Crippen LogP contribution in [0.5, 0.6) is 0 Å². The van der Waals surface area contributed by atoms with Gasteiger partial charge >= 0.3 is 0 Å². The topological polar surface area (TPSA) is 150 Å². The molecule has 0 spiro atoms. The van der Waals surface area contributed by atoms with Crippen molar-refractivity contribution in [1.82, 2.24) is 49.3 Å². The molecule has 16 nitrogen and oxygen atoms in total. The van der Waals surface area contributed by atoms with Crippen molar-refractivity contribution < 1.29 is 31.8 Å². The van der Waals surface area contributed by atoms with Crippen molar-refractivity contribution in [2.24, 2.45) is 11.8 Å². The fraction of sp³-hybridized carbons (Fsp3) is 0.600. The highest BCUT2D eigenvalue weighted by molar-refractivity contribution is 6.08. The minimum absolute atomic E-state index is 0.0181. The summed E-state index contributed by atoms with van der Waals surface area (Å²) in [6.07, 6.45) is 9.50. The zero-order valence-electron chi connectivity index (χ0n) is 33.4. The molecule has 9 rings (SSSR count). The molecule has 4 aliphatic rings. The van der Waals surface area contributed by atoms with Gasteiger partial charge in [0.25, 0.3) is 18.8 Å². The number of alkyl halides is 4. The van der Waals surface area contributed by atoms with E-state index in [1.165, 1.54) is 16.9 Å². The molecule has 0 unspecified atom stereocenters. The van der Waals surface area contributed by atoms with Gasteiger partial charge in [-0.25, -0.2) is 31.7 Å². The highest BCUT2D eigenvalue weighted by Gasteiger charge is 2.31. The number of aromatic nitrogens is 9. The van der Waals surface area contributed by atoms with Crippen molar-refractivity contribution in [3.05, 3.63) is 60.1 Å². The summed E-state index contributed by atoms with van der Waals surface area (Å²) in [5, 5.41) is 23.6. The van der Waals surface area contributed by atoms with E-state index in [2.05, 4.69) is 45.8 Å². The number of rotatable bonds is 13. The van der Waals surface area contributed by atoms with Gasteiger partial charge in [0.2, 0.25) is 0 Å². The van der Waals surface area contributed by atoms with E-state index < -0.39 is 24.5 Å². The normalized spacial score (nSPS) is 23.0. The van der Waals surface area contributed by atoms with Gasteiger partial charge in [-0.1, -0.05) is 0 Å². The van der Waals surface area contributed by atoms with Crippen molar-refractivity contribution in [2.45, 2.75) is 76.3 Å². The van der Waals surface area contributed by atoms with Crippen molar-refractivity contribution in [1.29, 1.82) is 0 Å². The molecular weight excluding hydrogens is 787 g/mol. The molecule has 5 aromatic heterocycles. The Bertz CT molecular complexity index is 2210. The number of carbonyl (C=O) groups excluding carboxylic acids is 1. The number of ether oxygens (including phenoxy) is 2. The lowest BCUT2D eigenvalue weighted by Crippen LogP contribution is -2.37. The number of anilines is 3. The molecule has 7 heterocycles. The summed E-state index contributed by atoms with van der Waals surface area (Å²) in [5.41, 5.74) is 0.102. The van der Waals surface area contributed by atoms with E-state index in [1.807, 2.05) is 12.1 Å². The molecule has 60 heavy (non-hydrogen) atoms. The van der Waals surface area contributed by atoms with Crippen LogP contribution in [-0.4, -0.2) is 116 Å². The monoisotopic (exact) mass is 837 g/mol. The third kappa shape index (κ3) is 8.58. The molecule has 20 heteroatoms. The number of amides is 1. The smallest absolute Gasteiger partial charge is 0.284 e. The molecule has 4 fully saturated rings. The Balaban J connectivity index is 0.749. The van der Waals surface area contributed by atoms with E-state index in [9.17, 15) is 22.4 Å². The first-order chi connectivity index (χ1) is 29.3. The van der Waals surface area contributed by atoms with Gasteiger partial charge in [0, 0.05) is 44.6 Å². The summed E-state index contributed by atoms with van der Waals surface area (Å²) in [6.45, 7) is 6.76. The molecule has 2 saturated carbocycles. The number of morpholine rings is 2. The summed E-state index contributed by atoms with van der Waals surface area (Å²) in [4.78, 5) is 22.3. The Morgan fingerprint density at radius 1 is 0.750 bits per heavy atom. The fourth-order valence-electron chi connectivity index (χ4n) is 9.16. The average molecular weight is 838 g/mol. The Hall–Kier alpha value is -5.08. The van der Waals surface area contributed by atoms with Gasteiger partial charge in [-0.3, -0.25) is 14.2 Å². The molecule has 2 N–H and O–H groups in total. The largest absolute Gasteiger partial charge is 0.378 e. The number of halogens is 4. The highest BCUT2D eigenvalue weighted by atomic mass is 19.3. The number of hydrogen-bond acceptors (Lipinski definition) is 11. The molecule has 5 aromatic rings. The van der Waals surface area contributed by atoms with Crippen LogP contribution in [0.25, 0.3) is 11.3 Å². The number of nitrogens with one attached hydrogen (secondary N) is 2. The first-order valence-corrected chi connectivity index (χ1v) is 21.1. The first-order valence-electron chi connectivity index (χ1n) is 21.1. The van der Waals surface area contributed by atoms with Crippen LogP contribution in [-0.2, 0) is 9.47 Å². The van der Waals surface area contributed by atoms with E-state index in [0.717, 1.165) is 70.3 Å². The van der Waals surface area contributed by atoms with E-state index in [0.29, 0.717) is 81.6 Å². The zero-order chi connectivity index (χ0) is 41.2. The lowest BCUT2D eigenvalue weighted by molar-refractivity contribution is 0.102. The summed E-state index contributed by atoms with van der Waals surface area (Å²) >= 11 is 0. The van der Waals surface area contributed by atoms with Crippen LogP contribution >= 0.6 is 0 Å². The Morgan fingerprint density at radius 2 is 1.35 bits per heavy atom. The maximum Gasteiger partial charge on any atom is 0.284 e. The minimum Gasteiger partial charge on any atom is -0.378 e. The van der Waals surface area contributed by atoms with Crippen molar-refractivity contribution in [3.8, 4) is 5.69 Å². The summed E-state index contributed by atoms with van der Waals surface area (Å²) in [7, 11) is 0. The van der Waals surface area contributed by atoms with Crippen LogP contribution in [0.1, 0.15) is 98.0 Å². The Kier molecular flexibility index (Phi) is 12.0. The minimum atomic E-state index is -2.87.